The van der Waals surface area contributed by atoms with Crippen LogP contribution in [-0.2, 0) is 9.53 Å². The minimum absolute atomic E-state index is 0.254. The van der Waals surface area contributed by atoms with Gasteiger partial charge in [0.15, 0.2) is 0 Å². The molecule has 0 fully saturated rings. The molecular weight excluding hydrogens is 269 g/mol. The SMILES string of the molecule is CCCC(CCC)(Nc1cc(C)cc(F)c1)C(=O)OCC. The van der Waals surface area contributed by atoms with Crippen LogP contribution in [0.2, 0.25) is 0 Å². The fraction of sp³-hybridized carbons (Fsp3) is 0.588. The molecule has 1 N–H and O–H groups in total. The van der Waals surface area contributed by atoms with E-state index >= 15 is 0 Å². The first-order valence-electron chi connectivity index (χ1n) is 7.70. The van der Waals surface area contributed by atoms with Gasteiger partial charge in [0.2, 0.25) is 0 Å². The Morgan fingerprint density at radius 1 is 1.19 bits per heavy atom. The standard InChI is InChI=1S/C17H26FNO2/c1-5-8-17(9-6-2,16(20)21-7-3)19-15-11-13(4)10-14(18)12-15/h10-12,19H,5-9H2,1-4H3. The number of aryl methyl sites for hydroxylation is 1. The monoisotopic (exact) mass is 295 g/mol. The molecule has 0 aromatic heterocycles. The molecule has 0 unspecified atom stereocenters. The van der Waals surface area contributed by atoms with Crippen molar-refractivity contribution in [2.75, 3.05) is 11.9 Å². The molecule has 4 heteroatoms. The van der Waals surface area contributed by atoms with Crippen molar-refractivity contribution in [1.82, 2.24) is 0 Å². The number of esters is 1. The summed E-state index contributed by atoms with van der Waals surface area (Å²) in [4.78, 5) is 12.4. The second-order valence-corrected chi connectivity index (χ2v) is 5.44. The maximum Gasteiger partial charge on any atom is 0.331 e. The summed E-state index contributed by atoms with van der Waals surface area (Å²) >= 11 is 0. The minimum Gasteiger partial charge on any atom is -0.464 e. The normalized spacial score (nSPS) is 11.3. The van der Waals surface area contributed by atoms with E-state index in [9.17, 15) is 9.18 Å². The lowest BCUT2D eigenvalue weighted by Crippen LogP contribution is -2.47. The Morgan fingerprint density at radius 3 is 2.29 bits per heavy atom. The fourth-order valence-corrected chi connectivity index (χ4v) is 2.71. The molecule has 0 aliphatic carbocycles. The topological polar surface area (TPSA) is 38.3 Å². The Kier molecular flexibility index (Phi) is 6.66. The summed E-state index contributed by atoms with van der Waals surface area (Å²) in [6, 6.07) is 4.74. The Balaban J connectivity index is 3.12. The summed E-state index contributed by atoms with van der Waals surface area (Å²) in [5.41, 5.74) is 0.672. The zero-order valence-corrected chi connectivity index (χ0v) is 13.5. The molecule has 0 saturated carbocycles. The third-order valence-electron chi connectivity index (χ3n) is 3.45. The highest BCUT2D eigenvalue weighted by Crippen LogP contribution is 2.28. The number of hydrogen-bond donors (Lipinski definition) is 1. The van der Waals surface area contributed by atoms with Crippen molar-refractivity contribution in [3.63, 3.8) is 0 Å². The van der Waals surface area contributed by atoms with Crippen LogP contribution in [0.25, 0.3) is 0 Å². The number of hydrogen-bond acceptors (Lipinski definition) is 3. The maximum absolute atomic E-state index is 13.6. The lowest BCUT2D eigenvalue weighted by molar-refractivity contribution is -0.149. The Bertz CT molecular complexity index is 448. The third kappa shape index (κ3) is 4.73. The number of benzene rings is 1. The van der Waals surface area contributed by atoms with Crippen LogP contribution in [0.4, 0.5) is 10.1 Å². The van der Waals surface area contributed by atoms with Gasteiger partial charge in [0.25, 0.3) is 0 Å². The molecule has 0 spiro atoms. The molecule has 0 aliphatic heterocycles. The molecule has 1 aromatic carbocycles. The van der Waals surface area contributed by atoms with Gasteiger partial charge in [-0.2, -0.15) is 0 Å². The van der Waals surface area contributed by atoms with Crippen LogP contribution in [0.15, 0.2) is 18.2 Å². The first kappa shape index (κ1) is 17.5. The van der Waals surface area contributed by atoms with Crippen molar-refractivity contribution < 1.29 is 13.9 Å². The van der Waals surface area contributed by atoms with Crippen LogP contribution in [-0.4, -0.2) is 18.1 Å². The first-order valence-corrected chi connectivity index (χ1v) is 7.70. The molecule has 1 aromatic rings. The van der Waals surface area contributed by atoms with E-state index in [1.165, 1.54) is 12.1 Å². The predicted molar refractivity (Wildman–Crippen MR) is 83.9 cm³/mol. The summed E-state index contributed by atoms with van der Waals surface area (Å²) in [5.74, 6) is -0.557. The number of ether oxygens (including phenoxy) is 1. The molecule has 0 bridgehead atoms. The quantitative estimate of drug-likeness (QED) is 0.720. The zero-order valence-electron chi connectivity index (χ0n) is 13.5. The van der Waals surface area contributed by atoms with E-state index in [2.05, 4.69) is 5.32 Å². The van der Waals surface area contributed by atoms with Gasteiger partial charge in [0.05, 0.1) is 6.61 Å². The Morgan fingerprint density at radius 2 is 1.81 bits per heavy atom. The van der Waals surface area contributed by atoms with Gasteiger partial charge in [0, 0.05) is 5.69 Å². The average molecular weight is 295 g/mol. The van der Waals surface area contributed by atoms with Crippen molar-refractivity contribution in [2.45, 2.75) is 58.9 Å². The maximum atomic E-state index is 13.6. The lowest BCUT2D eigenvalue weighted by Gasteiger charge is -2.33. The lowest BCUT2D eigenvalue weighted by atomic mass is 9.88. The van der Waals surface area contributed by atoms with Gasteiger partial charge in [-0.25, -0.2) is 9.18 Å². The van der Waals surface area contributed by atoms with Crippen molar-refractivity contribution >= 4 is 11.7 Å². The van der Waals surface area contributed by atoms with E-state index < -0.39 is 5.54 Å². The predicted octanol–water partition coefficient (Wildman–Crippen LogP) is 4.45. The Hall–Kier alpha value is -1.58. The summed E-state index contributed by atoms with van der Waals surface area (Å²) in [7, 11) is 0. The Labute approximate surface area is 126 Å². The number of nitrogens with one attached hydrogen (secondary N) is 1. The van der Waals surface area contributed by atoms with Crippen LogP contribution in [0.3, 0.4) is 0 Å². The molecule has 0 aliphatic rings. The smallest absolute Gasteiger partial charge is 0.331 e. The zero-order chi connectivity index (χ0) is 15.9. The molecule has 0 saturated heterocycles. The van der Waals surface area contributed by atoms with E-state index in [4.69, 9.17) is 4.74 Å². The number of rotatable bonds is 8. The van der Waals surface area contributed by atoms with Gasteiger partial charge in [-0.1, -0.05) is 26.7 Å². The van der Waals surface area contributed by atoms with Crippen LogP contribution < -0.4 is 5.32 Å². The van der Waals surface area contributed by atoms with Crippen molar-refractivity contribution in [3.05, 3.63) is 29.6 Å². The van der Waals surface area contributed by atoms with Crippen molar-refractivity contribution in [2.24, 2.45) is 0 Å². The summed E-state index contributed by atoms with van der Waals surface area (Å²) < 4.78 is 18.8. The number of carbonyl (C=O) groups excluding carboxylic acids is 1. The second kappa shape index (κ2) is 8.01. The molecule has 118 valence electrons. The van der Waals surface area contributed by atoms with Gasteiger partial charge in [-0.3, -0.25) is 0 Å². The molecule has 0 amide bonds. The summed E-state index contributed by atoms with van der Waals surface area (Å²) in [6.45, 7) is 8.04. The molecule has 0 atom stereocenters. The summed E-state index contributed by atoms with van der Waals surface area (Å²) in [6.07, 6.45) is 3.02. The van der Waals surface area contributed by atoms with E-state index in [0.717, 1.165) is 18.4 Å². The third-order valence-corrected chi connectivity index (χ3v) is 3.45. The molecule has 0 heterocycles. The van der Waals surface area contributed by atoms with E-state index in [0.29, 0.717) is 25.1 Å². The van der Waals surface area contributed by atoms with E-state index in [1.807, 2.05) is 26.8 Å². The van der Waals surface area contributed by atoms with E-state index in [1.54, 1.807) is 6.92 Å². The van der Waals surface area contributed by atoms with Gasteiger partial charge < -0.3 is 10.1 Å². The molecule has 21 heavy (non-hydrogen) atoms. The van der Waals surface area contributed by atoms with Gasteiger partial charge in [0.1, 0.15) is 11.4 Å². The van der Waals surface area contributed by atoms with Gasteiger partial charge in [-0.05, 0) is 50.5 Å². The largest absolute Gasteiger partial charge is 0.464 e. The van der Waals surface area contributed by atoms with Crippen molar-refractivity contribution in [3.8, 4) is 0 Å². The van der Waals surface area contributed by atoms with Gasteiger partial charge >= 0.3 is 5.97 Å². The van der Waals surface area contributed by atoms with Crippen LogP contribution >= 0.6 is 0 Å². The molecule has 0 radical (unpaired) electrons. The molecule has 1 rings (SSSR count). The minimum atomic E-state index is -0.778. The van der Waals surface area contributed by atoms with Crippen LogP contribution in [0.1, 0.15) is 52.0 Å². The molecule has 3 nitrogen and oxygen atoms in total. The van der Waals surface area contributed by atoms with Crippen LogP contribution in [0.5, 0.6) is 0 Å². The average Bonchev–Trinajstić information content (AvgIpc) is 2.38. The summed E-state index contributed by atoms with van der Waals surface area (Å²) in [5, 5.41) is 3.25. The molecular formula is C17H26FNO2. The highest BCUT2D eigenvalue weighted by atomic mass is 19.1. The highest BCUT2D eigenvalue weighted by Gasteiger charge is 2.38. The first-order chi connectivity index (χ1) is 9.97. The number of carbonyl (C=O) groups is 1. The van der Waals surface area contributed by atoms with Gasteiger partial charge in [-0.15, -0.1) is 0 Å². The van der Waals surface area contributed by atoms with E-state index in [-0.39, 0.29) is 11.8 Å². The fourth-order valence-electron chi connectivity index (χ4n) is 2.71. The number of anilines is 1. The van der Waals surface area contributed by atoms with Crippen LogP contribution in [0, 0.1) is 12.7 Å². The second-order valence-electron chi connectivity index (χ2n) is 5.44. The number of halogens is 1. The highest BCUT2D eigenvalue weighted by molar-refractivity contribution is 5.84. The van der Waals surface area contributed by atoms with Crippen molar-refractivity contribution in [1.29, 1.82) is 0 Å².